The Morgan fingerprint density at radius 1 is 1.06 bits per heavy atom. The minimum Gasteiger partial charge on any atom is -0.497 e. The Kier molecular flexibility index (Phi) is 5.30. The van der Waals surface area contributed by atoms with E-state index in [1.165, 1.54) is 31.4 Å². The third kappa shape index (κ3) is 3.63. The number of carbonyl (C=O) groups excluding carboxylic acids is 2. The first-order chi connectivity index (χ1) is 15.4. The second kappa shape index (κ2) is 8.23. The molecule has 0 bridgehead atoms. The number of non-ortho nitro benzene ring substituents is 1. The molecule has 32 heavy (non-hydrogen) atoms. The first kappa shape index (κ1) is 20.6. The monoisotopic (exact) mass is 430 g/mol. The summed E-state index contributed by atoms with van der Waals surface area (Å²) in [5, 5.41) is 13.7. The molecular formula is C23H18N4O5. The van der Waals surface area contributed by atoms with Gasteiger partial charge in [-0.2, -0.15) is 0 Å². The highest BCUT2D eigenvalue weighted by molar-refractivity contribution is 6.20. The molecule has 160 valence electrons. The normalized spacial score (nSPS) is 10.7. The molecule has 2 aromatic carbocycles. The van der Waals surface area contributed by atoms with Crippen LogP contribution in [-0.2, 0) is 0 Å². The molecule has 9 heteroatoms. The fraction of sp³-hybridized carbons (Fsp3) is 0.0435. The van der Waals surface area contributed by atoms with Crippen molar-refractivity contribution >= 4 is 34.3 Å². The van der Waals surface area contributed by atoms with Gasteiger partial charge in [-0.05, 0) is 36.4 Å². The van der Waals surface area contributed by atoms with Crippen LogP contribution in [0.15, 0.2) is 72.9 Å². The largest absolute Gasteiger partial charge is 0.497 e. The number of fused-ring (bicyclic) bond motifs is 1. The number of nitrogens with zero attached hydrogens (tertiary/aromatic N) is 2. The smallest absolute Gasteiger partial charge is 0.269 e. The Balaban J connectivity index is 1.77. The summed E-state index contributed by atoms with van der Waals surface area (Å²) in [7, 11) is 1.52. The molecule has 0 aliphatic rings. The number of ether oxygens (including phenoxy) is 1. The third-order valence-electron chi connectivity index (χ3n) is 4.99. The van der Waals surface area contributed by atoms with Crippen molar-refractivity contribution < 1.29 is 19.2 Å². The summed E-state index contributed by atoms with van der Waals surface area (Å²) < 4.78 is 6.72. The number of amides is 1. The fourth-order valence-electron chi connectivity index (χ4n) is 3.46. The molecule has 1 amide bonds. The van der Waals surface area contributed by atoms with Crippen LogP contribution in [0.3, 0.4) is 0 Å². The maximum absolute atomic E-state index is 13.2. The van der Waals surface area contributed by atoms with Crippen LogP contribution in [0.2, 0.25) is 0 Å². The summed E-state index contributed by atoms with van der Waals surface area (Å²) in [6.07, 6.45) is 1.63. The van der Waals surface area contributed by atoms with E-state index in [9.17, 15) is 19.7 Å². The minimum absolute atomic E-state index is 0.0138. The molecule has 0 saturated carbocycles. The van der Waals surface area contributed by atoms with Gasteiger partial charge in [0.05, 0.1) is 28.8 Å². The van der Waals surface area contributed by atoms with Gasteiger partial charge in [-0.1, -0.05) is 12.1 Å². The molecule has 2 aromatic heterocycles. The number of nitro groups is 1. The summed E-state index contributed by atoms with van der Waals surface area (Å²) in [5.41, 5.74) is 7.62. The number of nitro benzene ring substituents is 1. The van der Waals surface area contributed by atoms with Crippen LogP contribution in [0, 0.1) is 10.1 Å². The van der Waals surface area contributed by atoms with E-state index in [4.69, 9.17) is 10.5 Å². The van der Waals surface area contributed by atoms with E-state index in [-0.39, 0.29) is 28.2 Å². The van der Waals surface area contributed by atoms with Crippen molar-refractivity contribution in [3.63, 3.8) is 0 Å². The zero-order valence-electron chi connectivity index (χ0n) is 16.9. The second-order valence-electron chi connectivity index (χ2n) is 6.91. The lowest BCUT2D eigenvalue weighted by atomic mass is 10.1. The average molecular weight is 430 g/mol. The van der Waals surface area contributed by atoms with Crippen LogP contribution in [0.4, 0.5) is 17.1 Å². The SMILES string of the molecule is COc1cccc(NC(=O)c2c(N)c(C(=O)c3ccc([N+](=O)[O-])cc3)n3ccccc23)c1. The van der Waals surface area contributed by atoms with Crippen LogP contribution in [-0.4, -0.2) is 28.1 Å². The van der Waals surface area contributed by atoms with Crippen molar-refractivity contribution in [3.05, 3.63) is 99.9 Å². The number of benzene rings is 2. The number of nitrogens with one attached hydrogen (secondary N) is 1. The molecule has 0 saturated heterocycles. The highest BCUT2D eigenvalue weighted by atomic mass is 16.6. The highest BCUT2D eigenvalue weighted by Crippen LogP contribution is 2.30. The Labute approximate surface area is 182 Å². The number of hydrogen-bond acceptors (Lipinski definition) is 6. The lowest BCUT2D eigenvalue weighted by molar-refractivity contribution is -0.384. The quantitative estimate of drug-likeness (QED) is 0.271. The summed E-state index contributed by atoms with van der Waals surface area (Å²) in [4.78, 5) is 36.7. The summed E-state index contributed by atoms with van der Waals surface area (Å²) in [5.74, 6) is -0.368. The number of rotatable bonds is 6. The standard InChI is InChI=1S/C23H18N4O5/c1-32-17-6-4-5-15(13-17)25-23(29)19-18-7-2-3-12-26(18)21(20(19)24)22(28)14-8-10-16(11-9-14)27(30)31/h2-13H,24H2,1H3,(H,25,29). The Morgan fingerprint density at radius 2 is 1.81 bits per heavy atom. The first-order valence-electron chi connectivity index (χ1n) is 9.53. The molecule has 0 spiro atoms. The summed E-state index contributed by atoms with van der Waals surface area (Å²) in [6, 6.07) is 17.2. The molecule has 0 fully saturated rings. The van der Waals surface area contributed by atoms with Gasteiger partial charge in [0.15, 0.2) is 0 Å². The molecule has 4 aromatic rings. The summed E-state index contributed by atoms with van der Waals surface area (Å²) in [6.45, 7) is 0. The van der Waals surface area contributed by atoms with Crippen molar-refractivity contribution in [1.29, 1.82) is 0 Å². The predicted molar refractivity (Wildman–Crippen MR) is 119 cm³/mol. The van der Waals surface area contributed by atoms with E-state index < -0.39 is 16.6 Å². The van der Waals surface area contributed by atoms with Gasteiger partial charge in [0.1, 0.15) is 11.4 Å². The number of aromatic nitrogens is 1. The average Bonchev–Trinajstić information content (AvgIpc) is 3.10. The third-order valence-corrected chi connectivity index (χ3v) is 4.99. The number of anilines is 2. The molecule has 2 heterocycles. The topological polar surface area (TPSA) is 129 Å². The van der Waals surface area contributed by atoms with Gasteiger partial charge < -0.3 is 20.2 Å². The van der Waals surface area contributed by atoms with Gasteiger partial charge in [0, 0.05) is 35.6 Å². The molecule has 0 radical (unpaired) electrons. The van der Waals surface area contributed by atoms with Gasteiger partial charge in [-0.3, -0.25) is 19.7 Å². The number of nitrogen functional groups attached to an aromatic ring is 1. The van der Waals surface area contributed by atoms with Crippen LogP contribution in [0.25, 0.3) is 5.52 Å². The van der Waals surface area contributed by atoms with Crippen molar-refractivity contribution in [2.24, 2.45) is 0 Å². The van der Waals surface area contributed by atoms with Crippen LogP contribution in [0.5, 0.6) is 5.75 Å². The molecule has 0 unspecified atom stereocenters. The van der Waals surface area contributed by atoms with Gasteiger partial charge in [0.25, 0.3) is 11.6 Å². The van der Waals surface area contributed by atoms with Gasteiger partial charge >= 0.3 is 0 Å². The Morgan fingerprint density at radius 3 is 2.50 bits per heavy atom. The number of carbonyl (C=O) groups is 2. The number of ketones is 1. The molecule has 4 rings (SSSR count). The maximum atomic E-state index is 13.2. The molecule has 0 aliphatic carbocycles. The van der Waals surface area contributed by atoms with Crippen molar-refractivity contribution in [1.82, 2.24) is 4.40 Å². The number of pyridine rings is 1. The van der Waals surface area contributed by atoms with E-state index in [0.29, 0.717) is 17.0 Å². The van der Waals surface area contributed by atoms with Crippen LogP contribution < -0.4 is 15.8 Å². The van der Waals surface area contributed by atoms with Crippen LogP contribution in [0.1, 0.15) is 26.4 Å². The van der Waals surface area contributed by atoms with Gasteiger partial charge in [-0.15, -0.1) is 0 Å². The van der Waals surface area contributed by atoms with Gasteiger partial charge in [0.2, 0.25) is 5.78 Å². The molecule has 0 atom stereocenters. The molecule has 9 nitrogen and oxygen atoms in total. The molecule has 3 N–H and O–H groups in total. The van der Waals surface area contributed by atoms with Crippen molar-refractivity contribution in [2.75, 3.05) is 18.2 Å². The van der Waals surface area contributed by atoms with E-state index in [0.717, 1.165) is 0 Å². The Hall–Kier alpha value is -4.66. The molecular weight excluding hydrogens is 412 g/mol. The summed E-state index contributed by atoms with van der Waals surface area (Å²) >= 11 is 0. The van der Waals surface area contributed by atoms with Gasteiger partial charge in [-0.25, -0.2) is 0 Å². The number of hydrogen-bond donors (Lipinski definition) is 2. The zero-order valence-corrected chi connectivity index (χ0v) is 16.9. The van der Waals surface area contributed by atoms with E-state index >= 15 is 0 Å². The lowest BCUT2D eigenvalue weighted by Gasteiger charge is -2.07. The maximum Gasteiger partial charge on any atom is 0.269 e. The van der Waals surface area contributed by atoms with E-state index in [2.05, 4.69) is 5.32 Å². The zero-order chi connectivity index (χ0) is 22.8. The second-order valence-corrected chi connectivity index (χ2v) is 6.91. The number of nitrogens with two attached hydrogens (primary N) is 1. The highest BCUT2D eigenvalue weighted by Gasteiger charge is 2.26. The van der Waals surface area contributed by atoms with Crippen LogP contribution >= 0.6 is 0 Å². The van der Waals surface area contributed by atoms with Crippen molar-refractivity contribution in [2.45, 2.75) is 0 Å². The lowest BCUT2D eigenvalue weighted by Crippen LogP contribution is -2.14. The van der Waals surface area contributed by atoms with Crippen molar-refractivity contribution in [3.8, 4) is 5.75 Å². The minimum atomic E-state index is -0.545. The van der Waals surface area contributed by atoms with E-state index in [1.807, 2.05) is 0 Å². The predicted octanol–water partition coefficient (Wildman–Crippen LogP) is 3.92. The molecule has 0 aliphatic heterocycles. The van der Waals surface area contributed by atoms with E-state index in [1.54, 1.807) is 53.1 Å². The number of methoxy groups -OCH3 is 1. The first-order valence-corrected chi connectivity index (χ1v) is 9.53. The fourth-order valence-corrected chi connectivity index (χ4v) is 3.46. The Bertz CT molecular complexity index is 1360.